The molecule has 2 fully saturated rings. The first-order chi connectivity index (χ1) is 13.0. The summed E-state index contributed by atoms with van der Waals surface area (Å²) in [5, 5.41) is 3.42. The fraction of sp³-hybridized carbons (Fsp3) is 0.632. The molecule has 1 aromatic rings. The molecule has 1 aromatic carbocycles. The van der Waals surface area contributed by atoms with Crippen LogP contribution in [0.15, 0.2) is 29.2 Å². The predicted octanol–water partition coefficient (Wildman–Crippen LogP) is 2.34. The van der Waals surface area contributed by atoms with Gasteiger partial charge in [-0.2, -0.15) is 4.31 Å². The summed E-state index contributed by atoms with van der Waals surface area (Å²) in [6, 6.07) is 6.31. The quantitative estimate of drug-likeness (QED) is 0.696. The van der Waals surface area contributed by atoms with Gasteiger partial charge in [-0.25, -0.2) is 8.42 Å². The Bertz CT molecular complexity index is 742. The van der Waals surface area contributed by atoms with Crippen LogP contribution in [0.2, 0.25) is 5.02 Å². The molecule has 0 saturated carbocycles. The van der Waals surface area contributed by atoms with E-state index in [1.165, 1.54) is 36.3 Å². The van der Waals surface area contributed by atoms with Crippen LogP contribution in [0.3, 0.4) is 0 Å². The minimum Gasteiger partial charge on any atom is -0.356 e. The molecule has 1 N–H and O–H groups in total. The highest BCUT2D eigenvalue weighted by molar-refractivity contribution is 7.89. The summed E-state index contributed by atoms with van der Waals surface area (Å²) in [6.45, 7) is 4.80. The highest BCUT2D eigenvalue weighted by Gasteiger charge is 2.32. The molecule has 0 aromatic heterocycles. The van der Waals surface area contributed by atoms with Crippen molar-refractivity contribution in [3.05, 3.63) is 29.3 Å². The van der Waals surface area contributed by atoms with Gasteiger partial charge in [-0.05, 0) is 69.9 Å². The SMILES string of the molecule is O=C(NCCCN1CCCC1)C1CCN(S(=O)(=O)c2cccc(Cl)c2)CC1. The third-order valence-electron chi connectivity index (χ3n) is 5.41. The van der Waals surface area contributed by atoms with E-state index in [1.807, 2.05) is 0 Å². The lowest BCUT2D eigenvalue weighted by atomic mass is 9.97. The molecule has 0 aliphatic carbocycles. The van der Waals surface area contributed by atoms with Gasteiger partial charge in [-0.3, -0.25) is 4.79 Å². The number of hydrogen-bond acceptors (Lipinski definition) is 4. The lowest BCUT2D eigenvalue weighted by Crippen LogP contribution is -2.43. The van der Waals surface area contributed by atoms with Gasteiger partial charge in [0, 0.05) is 30.6 Å². The molecule has 2 aliphatic rings. The van der Waals surface area contributed by atoms with Crippen LogP contribution >= 0.6 is 11.6 Å². The van der Waals surface area contributed by atoms with Crippen LogP contribution in [-0.2, 0) is 14.8 Å². The smallest absolute Gasteiger partial charge is 0.243 e. The molecule has 0 radical (unpaired) electrons. The molecular weight excluding hydrogens is 386 g/mol. The average Bonchev–Trinajstić information content (AvgIpc) is 3.19. The van der Waals surface area contributed by atoms with Crippen LogP contribution in [0.5, 0.6) is 0 Å². The number of halogens is 1. The van der Waals surface area contributed by atoms with E-state index < -0.39 is 10.0 Å². The van der Waals surface area contributed by atoms with Crippen molar-refractivity contribution < 1.29 is 13.2 Å². The van der Waals surface area contributed by atoms with Gasteiger partial charge in [0.15, 0.2) is 0 Å². The minimum absolute atomic E-state index is 0.0521. The number of carbonyl (C=O) groups is 1. The maximum Gasteiger partial charge on any atom is 0.243 e. The maximum atomic E-state index is 12.7. The molecule has 0 bridgehead atoms. The Morgan fingerprint density at radius 3 is 2.52 bits per heavy atom. The summed E-state index contributed by atoms with van der Waals surface area (Å²) in [5.74, 6) is -0.0566. The lowest BCUT2D eigenvalue weighted by molar-refractivity contribution is -0.126. The van der Waals surface area contributed by atoms with Crippen molar-refractivity contribution in [1.82, 2.24) is 14.5 Å². The normalized spacial score (nSPS) is 20.0. The Morgan fingerprint density at radius 1 is 1.15 bits per heavy atom. The highest BCUT2D eigenvalue weighted by Crippen LogP contribution is 2.25. The third kappa shape index (κ3) is 5.44. The standard InChI is InChI=1S/C19H28ClN3O3S/c20-17-5-3-6-18(15-17)27(25,26)23-13-7-16(8-14-23)19(24)21-9-4-12-22-10-1-2-11-22/h3,5-6,15-16H,1-2,4,7-14H2,(H,21,24). The van der Waals surface area contributed by atoms with Gasteiger partial charge in [0.2, 0.25) is 15.9 Å². The lowest BCUT2D eigenvalue weighted by Gasteiger charge is -2.30. The Kier molecular flexibility index (Phi) is 7.14. The van der Waals surface area contributed by atoms with Crippen molar-refractivity contribution in [3.63, 3.8) is 0 Å². The molecular formula is C19H28ClN3O3S. The summed E-state index contributed by atoms with van der Waals surface area (Å²) in [4.78, 5) is 15.0. The summed E-state index contributed by atoms with van der Waals surface area (Å²) < 4.78 is 26.9. The van der Waals surface area contributed by atoms with Crippen LogP contribution in [0.4, 0.5) is 0 Å². The monoisotopic (exact) mass is 413 g/mol. The van der Waals surface area contributed by atoms with Gasteiger partial charge < -0.3 is 10.2 Å². The summed E-state index contributed by atoms with van der Waals surface area (Å²) >= 11 is 5.92. The number of amides is 1. The van der Waals surface area contributed by atoms with Crippen LogP contribution in [0, 0.1) is 5.92 Å². The molecule has 2 heterocycles. The second kappa shape index (κ2) is 9.37. The Balaban J connectivity index is 1.43. The molecule has 0 spiro atoms. The topological polar surface area (TPSA) is 69.7 Å². The number of piperidine rings is 1. The number of rotatable bonds is 7. The van der Waals surface area contributed by atoms with Gasteiger partial charge >= 0.3 is 0 Å². The van der Waals surface area contributed by atoms with Gasteiger partial charge in [0.05, 0.1) is 4.90 Å². The van der Waals surface area contributed by atoms with E-state index in [2.05, 4.69) is 10.2 Å². The van der Waals surface area contributed by atoms with E-state index >= 15 is 0 Å². The summed E-state index contributed by atoms with van der Waals surface area (Å²) in [5.41, 5.74) is 0. The number of benzene rings is 1. The van der Waals surface area contributed by atoms with Crippen molar-refractivity contribution >= 4 is 27.5 Å². The fourth-order valence-electron chi connectivity index (χ4n) is 3.80. The molecule has 1 amide bonds. The summed E-state index contributed by atoms with van der Waals surface area (Å²) in [6.07, 6.45) is 4.63. The Labute approximate surface area is 166 Å². The van der Waals surface area contributed by atoms with E-state index in [0.717, 1.165) is 13.0 Å². The number of nitrogens with zero attached hydrogens (tertiary/aromatic N) is 2. The van der Waals surface area contributed by atoms with Crippen molar-refractivity contribution in [2.24, 2.45) is 5.92 Å². The van der Waals surface area contributed by atoms with Crippen LogP contribution in [0.1, 0.15) is 32.1 Å². The van der Waals surface area contributed by atoms with E-state index in [9.17, 15) is 13.2 Å². The van der Waals surface area contributed by atoms with Gasteiger partial charge in [-0.15, -0.1) is 0 Å². The fourth-order valence-corrected chi connectivity index (χ4v) is 5.57. The number of sulfonamides is 1. The highest BCUT2D eigenvalue weighted by atomic mass is 35.5. The largest absolute Gasteiger partial charge is 0.356 e. The maximum absolute atomic E-state index is 12.7. The van der Waals surface area contributed by atoms with Crippen molar-refractivity contribution in [2.45, 2.75) is 37.0 Å². The molecule has 27 heavy (non-hydrogen) atoms. The second-order valence-corrected chi connectivity index (χ2v) is 9.70. The molecule has 8 heteroatoms. The number of likely N-dealkylation sites (tertiary alicyclic amines) is 1. The van der Waals surface area contributed by atoms with E-state index in [4.69, 9.17) is 11.6 Å². The number of hydrogen-bond donors (Lipinski definition) is 1. The second-order valence-electron chi connectivity index (χ2n) is 7.33. The zero-order chi connectivity index (χ0) is 19.3. The summed E-state index contributed by atoms with van der Waals surface area (Å²) in [7, 11) is -3.55. The first kappa shape index (κ1) is 20.6. The van der Waals surface area contributed by atoms with E-state index in [0.29, 0.717) is 37.5 Å². The third-order valence-corrected chi connectivity index (χ3v) is 7.54. The molecule has 2 saturated heterocycles. The Morgan fingerprint density at radius 2 is 1.85 bits per heavy atom. The van der Waals surface area contributed by atoms with Crippen LogP contribution in [0.25, 0.3) is 0 Å². The van der Waals surface area contributed by atoms with Gasteiger partial charge in [-0.1, -0.05) is 17.7 Å². The average molecular weight is 414 g/mol. The first-order valence-electron chi connectivity index (χ1n) is 9.72. The molecule has 3 rings (SSSR count). The zero-order valence-electron chi connectivity index (χ0n) is 15.6. The Hall–Kier alpha value is -1.15. The van der Waals surface area contributed by atoms with Gasteiger partial charge in [0.1, 0.15) is 0 Å². The number of carbonyl (C=O) groups excluding carboxylic acids is 1. The first-order valence-corrected chi connectivity index (χ1v) is 11.5. The minimum atomic E-state index is -3.55. The molecule has 0 atom stereocenters. The van der Waals surface area contributed by atoms with Crippen LogP contribution in [-0.4, -0.2) is 62.8 Å². The molecule has 0 unspecified atom stereocenters. The van der Waals surface area contributed by atoms with E-state index in [-0.39, 0.29) is 16.7 Å². The molecule has 6 nitrogen and oxygen atoms in total. The molecule has 150 valence electrons. The predicted molar refractivity (Wildman–Crippen MR) is 106 cm³/mol. The molecule has 2 aliphatic heterocycles. The van der Waals surface area contributed by atoms with Crippen molar-refractivity contribution in [2.75, 3.05) is 39.3 Å². The van der Waals surface area contributed by atoms with Crippen LogP contribution < -0.4 is 5.32 Å². The van der Waals surface area contributed by atoms with Crippen molar-refractivity contribution in [1.29, 1.82) is 0 Å². The van der Waals surface area contributed by atoms with Gasteiger partial charge in [0.25, 0.3) is 0 Å². The zero-order valence-corrected chi connectivity index (χ0v) is 17.1. The number of nitrogens with one attached hydrogen (secondary N) is 1. The van der Waals surface area contributed by atoms with E-state index in [1.54, 1.807) is 18.2 Å². The van der Waals surface area contributed by atoms with Crippen molar-refractivity contribution in [3.8, 4) is 0 Å².